The van der Waals surface area contributed by atoms with Gasteiger partial charge >= 0.3 is 0 Å². The summed E-state index contributed by atoms with van der Waals surface area (Å²) in [6, 6.07) is 4.04. The molecular formula is C13H17BrN2O. The maximum absolute atomic E-state index is 12.2. The summed E-state index contributed by atoms with van der Waals surface area (Å²) in [5.41, 5.74) is 3.06. The van der Waals surface area contributed by atoms with E-state index in [0.717, 1.165) is 34.1 Å². The van der Waals surface area contributed by atoms with Gasteiger partial charge in [0.1, 0.15) is 0 Å². The van der Waals surface area contributed by atoms with Crippen LogP contribution >= 0.6 is 15.9 Å². The molecule has 0 fully saturated rings. The van der Waals surface area contributed by atoms with Crippen molar-refractivity contribution in [2.24, 2.45) is 0 Å². The Morgan fingerprint density at radius 2 is 2.24 bits per heavy atom. The van der Waals surface area contributed by atoms with Gasteiger partial charge in [0.05, 0.1) is 6.67 Å². The van der Waals surface area contributed by atoms with Gasteiger partial charge in [0.2, 0.25) is 0 Å². The van der Waals surface area contributed by atoms with Gasteiger partial charge in [0.15, 0.2) is 0 Å². The molecule has 1 amide bonds. The molecule has 0 saturated carbocycles. The maximum atomic E-state index is 12.2. The topological polar surface area (TPSA) is 32.3 Å². The van der Waals surface area contributed by atoms with Crippen molar-refractivity contribution in [1.82, 2.24) is 10.2 Å². The van der Waals surface area contributed by atoms with Crippen LogP contribution in [-0.4, -0.2) is 24.0 Å². The number of nitrogens with zero attached hydrogens (tertiary/aromatic N) is 1. The number of benzene rings is 1. The second kappa shape index (κ2) is 5.19. The predicted octanol–water partition coefficient (Wildman–Crippen LogP) is 2.67. The van der Waals surface area contributed by atoms with E-state index in [-0.39, 0.29) is 5.91 Å². The zero-order chi connectivity index (χ0) is 12.4. The third-order valence-electron chi connectivity index (χ3n) is 2.97. The van der Waals surface area contributed by atoms with Crippen LogP contribution < -0.4 is 5.32 Å². The third kappa shape index (κ3) is 2.53. The fraction of sp³-hybridized carbons (Fsp3) is 0.462. The molecule has 2 rings (SSSR count). The van der Waals surface area contributed by atoms with Crippen LogP contribution in [0.25, 0.3) is 0 Å². The van der Waals surface area contributed by atoms with Crippen LogP contribution in [0.4, 0.5) is 0 Å². The van der Waals surface area contributed by atoms with Gasteiger partial charge in [-0.25, -0.2) is 0 Å². The Morgan fingerprint density at radius 3 is 2.94 bits per heavy atom. The summed E-state index contributed by atoms with van der Waals surface area (Å²) in [5.74, 6) is 0.147. The molecule has 0 unspecified atom stereocenters. The second-order valence-corrected chi connectivity index (χ2v) is 5.33. The van der Waals surface area contributed by atoms with Gasteiger partial charge in [-0.3, -0.25) is 10.1 Å². The number of amides is 1. The Balaban J connectivity index is 2.15. The number of carbonyl (C=O) groups excluding carboxylic acids is 1. The number of halogens is 1. The van der Waals surface area contributed by atoms with Gasteiger partial charge in [0.25, 0.3) is 5.91 Å². The number of aryl methyl sites for hydroxylation is 1. The molecule has 0 saturated heterocycles. The van der Waals surface area contributed by atoms with Crippen molar-refractivity contribution in [2.45, 2.75) is 26.8 Å². The Kier molecular flexibility index (Phi) is 3.84. The Morgan fingerprint density at radius 1 is 1.47 bits per heavy atom. The van der Waals surface area contributed by atoms with E-state index in [4.69, 9.17) is 0 Å². The number of hydrogen-bond donors (Lipinski definition) is 1. The molecule has 1 N–H and O–H groups in total. The fourth-order valence-corrected chi connectivity index (χ4v) is 2.82. The molecular weight excluding hydrogens is 280 g/mol. The molecule has 1 heterocycles. The largest absolute Gasteiger partial charge is 0.322 e. The standard InChI is InChI=1S/C13H17BrN2O/c1-3-4-15-8-16-7-10-6-11(14)5-9(2)12(10)13(16)17/h5-6,15H,3-4,7-8H2,1-2H3. The van der Waals surface area contributed by atoms with Crippen LogP contribution in [0.5, 0.6) is 0 Å². The lowest BCUT2D eigenvalue weighted by Crippen LogP contribution is -2.34. The number of fused-ring (bicyclic) bond motifs is 1. The highest BCUT2D eigenvalue weighted by Crippen LogP contribution is 2.28. The zero-order valence-corrected chi connectivity index (χ0v) is 11.8. The molecule has 0 radical (unpaired) electrons. The molecule has 3 nitrogen and oxygen atoms in total. The summed E-state index contributed by atoms with van der Waals surface area (Å²) in [7, 11) is 0. The Labute approximate surface area is 110 Å². The highest BCUT2D eigenvalue weighted by Gasteiger charge is 2.28. The quantitative estimate of drug-likeness (QED) is 0.867. The molecule has 1 aliphatic heterocycles. The number of carbonyl (C=O) groups is 1. The lowest BCUT2D eigenvalue weighted by Gasteiger charge is -2.16. The van der Waals surface area contributed by atoms with Gasteiger partial charge in [0, 0.05) is 16.6 Å². The van der Waals surface area contributed by atoms with Crippen LogP contribution in [-0.2, 0) is 6.54 Å². The highest BCUT2D eigenvalue weighted by atomic mass is 79.9. The minimum atomic E-state index is 0.147. The van der Waals surface area contributed by atoms with Gasteiger partial charge in [-0.05, 0) is 43.1 Å². The zero-order valence-electron chi connectivity index (χ0n) is 10.2. The Hall–Kier alpha value is -0.870. The molecule has 0 bridgehead atoms. The van der Waals surface area contributed by atoms with Crippen molar-refractivity contribution >= 4 is 21.8 Å². The first-order valence-corrected chi connectivity index (χ1v) is 6.71. The van der Waals surface area contributed by atoms with Gasteiger partial charge in [-0.1, -0.05) is 22.9 Å². The molecule has 1 aromatic carbocycles. The van der Waals surface area contributed by atoms with Crippen LogP contribution in [0.2, 0.25) is 0 Å². The molecule has 1 aliphatic rings. The molecule has 17 heavy (non-hydrogen) atoms. The first kappa shape index (κ1) is 12.6. The second-order valence-electron chi connectivity index (χ2n) is 4.42. The lowest BCUT2D eigenvalue weighted by atomic mass is 10.0. The highest BCUT2D eigenvalue weighted by molar-refractivity contribution is 9.10. The van der Waals surface area contributed by atoms with Crippen LogP contribution in [0.15, 0.2) is 16.6 Å². The van der Waals surface area contributed by atoms with E-state index >= 15 is 0 Å². The minimum absolute atomic E-state index is 0.147. The predicted molar refractivity (Wildman–Crippen MR) is 71.9 cm³/mol. The average molecular weight is 297 g/mol. The fourth-order valence-electron chi connectivity index (χ4n) is 2.20. The summed E-state index contributed by atoms with van der Waals surface area (Å²) in [5, 5.41) is 3.27. The van der Waals surface area contributed by atoms with Gasteiger partial charge in [-0.2, -0.15) is 0 Å². The van der Waals surface area contributed by atoms with E-state index in [9.17, 15) is 4.79 Å². The third-order valence-corrected chi connectivity index (χ3v) is 3.43. The molecule has 4 heteroatoms. The molecule has 92 valence electrons. The summed E-state index contributed by atoms with van der Waals surface area (Å²) < 4.78 is 1.05. The normalized spacial score (nSPS) is 14.3. The summed E-state index contributed by atoms with van der Waals surface area (Å²) in [6.45, 7) is 6.41. The molecule has 0 atom stereocenters. The molecule has 1 aromatic rings. The summed E-state index contributed by atoms with van der Waals surface area (Å²) >= 11 is 3.47. The maximum Gasteiger partial charge on any atom is 0.255 e. The van der Waals surface area contributed by atoms with Crippen molar-refractivity contribution in [3.8, 4) is 0 Å². The summed E-state index contributed by atoms with van der Waals surface area (Å²) in [6.07, 6.45) is 1.08. The van der Waals surface area contributed by atoms with Crippen molar-refractivity contribution in [1.29, 1.82) is 0 Å². The number of nitrogens with one attached hydrogen (secondary N) is 1. The van der Waals surface area contributed by atoms with E-state index in [0.29, 0.717) is 13.2 Å². The SMILES string of the molecule is CCCNCN1Cc2cc(Br)cc(C)c2C1=O. The van der Waals surface area contributed by atoms with Crippen molar-refractivity contribution < 1.29 is 4.79 Å². The Bertz CT molecular complexity index is 445. The van der Waals surface area contributed by atoms with Crippen molar-refractivity contribution in [2.75, 3.05) is 13.2 Å². The van der Waals surface area contributed by atoms with E-state index < -0.39 is 0 Å². The van der Waals surface area contributed by atoms with Crippen LogP contribution in [0, 0.1) is 6.92 Å². The van der Waals surface area contributed by atoms with E-state index in [1.54, 1.807) is 0 Å². The molecule has 0 spiro atoms. The summed E-state index contributed by atoms with van der Waals surface area (Å²) in [4.78, 5) is 14.1. The molecule has 0 aromatic heterocycles. The van der Waals surface area contributed by atoms with Gasteiger partial charge < -0.3 is 4.90 Å². The minimum Gasteiger partial charge on any atom is -0.322 e. The van der Waals surface area contributed by atoms with Gasteiger partial charge in [-0.15, -0.1) is 0 Å². The van der Waals surface area contributed by atoms with Crippen LogP contribution in [0.1, 0.15) is 34.8 Å². The van der Waals surface area contributed by atoms with Crippen LogP contribution in [0.3, 0.4) is 0 Å². The monoisotopic (exact) mass is 296 g/mol. The first-order chi connectivity index (χ1) is 8.13. The average Bonchev–Trinajstić information content (AvgIpc) is 2.56. The number of rotatable bonds is 4. The first-order valence-electron chi connectivity index (χ1n) is 5.92. The van der Waals surface area contributed by atoms with Crippen molar-refractivity contribution in [3.63, 3.8) is 0 Å². The lowest BCUT2D eigenvalue weighted by molar-refractivity contribution is 0.0765. The van der Waals surface area contributed by atoms with E-state index in [1.165, 1.54) is 0 Å². The van der Waals surface area contributed by atoms with Crippen molar-refractivity contribution in [3.05, 3.63) is 33.3 Å². The van der Waals surface area contributed by atoms with E-state index in [2.05, 4.69) is 28.2 Å². The number of hydrogen-bond acceptors (Lipinski definition) is 2. The van der Waals surface area contributed by atoms with E-state index in [1.807, 2.05) is 24.0 Å². The smallest absolute Gasteiger partial charge is 0.255 e. The molecule has 0 aliphatic carbocycles.